The lowest BCUT2D eigenvalue weighted by molar-refractivity contribution is 0.0796. The first-order chi connectivity index (χ1) is 12.1. The predicted octanol–water partition coefficient (Wildman–Crippen LogP) is 3.18. The van der Waals surface area contributed by atoms with Gasteiger partial charge in [0.25, 0.3) is 5.91 Å². The molecule has 1 amide bonds. The largest absolute Gasteiger partial charge is 0.493 e. The van der Waals surface area contributed by atoms with Gasteiger partial charge < -0.3 is 14.4 Å². The van der Waals surface area contributed by atoms with Crippen LogP contribution in [0.25, 0.3) is 0 Å². The SMILES string of the molecule is Cc1cccc(C(=O)N(C)CCc2c3c(cc4c2OCC4)OCC3)c1. The van der Waals surface area contributed by atoms with Crippen LogP contribution in [0.4, 0.5) is 0 Å². The molecule has 0 aliphatic carbocycles. The molecule has 2 heterocycles. The Hall–Kier alpha value is -2.49. The first kappa shape index (κ1) is 16.0. The maximum atomic E-state index is 12.7. The van der Waals surface area contributed by atoms with E-state index >= 15 is 0 Å². The number of nitrogens with zero attached hydrogens (tertiary/aromatic N) is 1. The molecule has 0 radical (unpaired) electrons. The molecule has 2 aromatic carbocycles. The maximum absolute atomic E-state index is 12.7. The van der Waals surface area contributed by atoms with Gasteiger partial charge in [-0.1, -0.05) is 17.7 Å². The number of fused-ring (bicyclic) bond motifs is 2. The molecule has 25 heavy (non-hydrogen) atoms. The second-order valence-electron chi connectivity index (χ2n) is 6.86. The van der Waals surface area contributed by atoms with Gasteiger partial charge in [0.1, 0.15) is 11.5 Å². The maximum Gasteiger partial charge on any atom is 0.253 e. The summed E-state index contributed by atoms with van der Waals surface area (Å²) in [5.74, 6) is 2.10. The summed E-state index contributed by atoms with van der Waals surface area (Å²) >= 11 is 0. The summed E-state index contributed by atoms with van der Waals surface area (Å²) in [5, 5.41) is 0. The van der Waals surface area contributed by atoms with Crippen LogP contribution in [0.1, 0.15) is 32.6 Å². The summed E-state index contributed by atoms with van der Waals surface area (Å²) < 4.78 is 11.7. The minimum absolute atomic E-state index is 0.0603. The molecular weight excluding hydrogens is 314 g/mol. The van der Waals surface area contributed by atoms with Crippen molar-refractivity contribution in [2.75, 3.05) is 26.8 Å². The van der Waals surface area contributed by atoms with Crippen molar-refractivity contribution >= 4 is 5.91 Å². The Morgan fingerprint density at radius 3 is 2.84 bits per heavy atom. The van der Waals surface area contributed by atoms with Gasteiger partial charge >= 0.3 is 0 Å². The minimum Gasteiger partial charge on any atom is -0.493 e. The highest BCUT2D eigenvalue weighted by atomic mass is 16.5. The number of rotatable bonds is 4. The molecule has 0 bridgehead atoms. The van der Waals surface area contributed by atoms with Crippen LogP contribution in [0.15, 0.2) is 30.3 Å². The smallest absolute Gasteiger partial charge is 0.253 e. The summed E-state index contributed by atoms with van der Waals surface area (Å²) in [4.78, 5) is 14.5. The molecular formula is C21H23NO3. The van der Waals surface area contributed by atoms with Crippen LogP contribution < -0.4 is 9.47 Å². The number of aryl methyl sites for hydroxylation is 1. The summed E-state index contributed by atoms with van der Waals surface area (Å²) in [7, 11) is 1.87. The average molecular weight is 337 g/mol. The standard InChI is InChI=1S/C21H23NO3/c1-14-4-3-5-16(12-14)21(23)22(2)9-6-18-17-8-11-24-19(17)13-15-7-10-25-20(15)18/h3-5,12-13H,6-11H2,1-2H3. The van der Waals surface area contributed by atoms with Crippen molar-refractivity contribution in [2.24, 2.45) is 0 Å². The number of carbonyl (C=O) groups excluding carboxylic acids is 1. The third-order valence-electron chi connectivity index (χ3n) is 5.07. The first-order valence-corrected chi connectivity index (χ1v) is 8.89. The van der Waals surface area contributed by atoms with Crippen molar-refractivity contribution in [3.05, 3.63) is 58.1 Å². The van der Waals surface area contributed by atoms with E-state index < -0.39 is 0 Å². The van der Waals surface area contributed by atoms with Crippen LogP contribution in [0, 0.1) is 6.92 Å². The van der Waals surface area contributed by atoms with Gasteiger partial charge in [-0.05, 0) is 31.5 Å². The van der Waals surface area contributed by atoms with Crippen LogP contribution in [0.3, 0.4) is 0 Å². The van der Waals surface area contributed by atoms with E-state index in [9.17, 15) is 4.79 Å². The molecule has 0 atom stereocenters. The van der Waals surface area contributed by atoms with Crippen molar-refractivity contribution in [2.45, 2.75) is 26.2 Å². The average Bonchev–Trinajstić information content (AvgIpc) is 3.26. The Balaban J connectivity index is 1.53. The molecule has 2 aliphatic heterocycles. The zero-order chi connectivity index (χ0) is 17.4. The summed E-state index contributed by atoms with van der Waals surface area (Å²) in [6.45, 7) is 4.15. The van der Waals surface area contributed by atoms with Gasteiger partial charge in [0.2, 0.25) is 0 Å². The molecule has 0 unspecified atom stereocenters. The molecule has 0 spiro atoms. The quantitative estimate of drug-likeness (QED) is 0.860. The zero-order valence-electron chi connectivity index (χ0n) is 14.8. The Bertz CT molecular complexity index is 796. The number of likely N-dealkylation sites (N-methyl/N-ethyl adjacent to an activating group) is 1. The zero-order valence-corrected chi connectivity index (χ0v) is 14.8. The molecule has 2 aromatic rings. The molecule has 4 rings (SSSR count). The lowest BCUT2D eigenvalue weighted by Crippen LogP contribution is -2.29. The van der Waals surface area contributed by atoms with Crippen LogP contribution in [-0.2, 0) is 19.3 Å². The number of benzene rings is 2. The van der Waals surface area contributed by atoms with Crippen molar-refractivity contribution in [3.8, 4) is 11.5 Å². The number of ether oxygens (including phenoxy) is 2. The molecule has 0 aromatic heterocycles. The topological polar surface area (TPSA) is 38.8 Å². The minimum atomic E-state index is 0.0603. The molecule has 0 saturated heterocycles. The highest BCUT2D eigenvalue weighted by Crippen LogP contribution is 2.40. The highest BCUT2D eigenvalue weighted by Gasteiger charge is 2.26. The summed E-state index contributed by atoms with van der Waals surface area (Å²) in [6, 6.07) is 9.88. The number of hydrogen-bond donors (Lipinski definition) is 0. The van der Waals surface area contributed by atoms with Gasteiger partial charge in [-0.15, -0.1) is 0 Å². The third kappa shape index (κ3) is 2.97. The number of carbonyl (C=O) groups is 1. The van der Waals surface area contributed by atoms with Gasteiger partial charge in [-0.25, -0.2) is 0 Å². The van der Waals surface area contributed by atoms with E-state index in [-0.39, 0.29) is 5.91 Å². The van der Waals surface area contributed by atoms with E-state index in [0.29, 0.717) is 6.54 Å². The normalized spacial score (nSPS) is 14.5. The second kappa shape index (κ2) is 6.43. The van der Waals surface area contributed by atoms with Crippen molar-refractivity contribution in [1.29, 1.82) is 0 Å². The molecule has 0 N–H and O–H groups in total. The Morgan fingerprint density at radius 1 is 1.16 bits per heavy atom. The molecule has 0 saturated carbocycles. The highest BCUT2D eigenvalue weighted by molar-refractivity contribution is 5.94. The Morgan fingerprint density at radius 2 is 2.00 bits per heavy atom. The fourth-order valence-corrected chi connectivity index (χ4v) is 3.73. The lowest BCUT2D eigenvalue weighted by atomic mass is 9.97. The second-order valence-corrected chi connectivity index (χ2v) is 6.86. The van der Waals surface area contributed by atoms with E-state index in [2.05, 4.69) is 6.07 Å². The Labute approximate surface area is 148 Å². The number of amides is 1. The van der Waals surface area contributed by atoms with Crippen molar-refractivity contribution < 1.29 is 14.3 Å². The summed E-state index contributed by atoms with van der Waals surface area (Å²) in [5.41, 5.74) is 5.57. The van der Waals surface area contributed by atoms with Crippen molar-refractivity contribution in [1.82, 2.24) is 4.90 Å². The fourth-order valence-electron chi connectivity index (χ4n) is 3.73. The molecule has 4 heteroatoms. The summed E-state index contributed by atoms with van der Waals surface area (Å²) in [6.07, 6.45) is 2.66. The Kier molecular flexibility index (Phi) is 4.12. The lowest BCUT2D eigenvalue weighted by Gasteiger charge is -2.19. The van der Waals surface area contributed by atoms with Gasteiger partial charge in [0, 0.05) is 48.7 Å². The van der Waals surface area contributed by atoms with Crippen LogP contribution in [0.2, 0.25) is 0 Å². The van der Waals surface area contributed by atoms with Gasteiger partial charge in [0.05, 0.1) is 13.2 Å². The monoisotopic (exact) mass is 337 g/mol. The first-order valence-electron chi connectivity index (χ1n) is 8.89. The van der Waals surface area contributed by atoms with E-state index in [0.717, 1.165) is 55.1 Å². The van der Waals surface area contributed by atoms with E-state index in [4.69, 9.17) is 9.47 Å². The van der Waals surface area contributed by atoms with Crippen LogP contribution in [-0.4, -0.2) is 37.6 Å². The van der Waals surface area contributed by atoms with Gasteiger partial charge in [-0.2, -0.15) is 0 Å². The molecule has 130 valence electrons. The molecule has 0 fully saturated rings. The fraction of sp³-hybridized carbons (Fsp3) is 0.381. The van der Waals surface area contributed by atoms with Crippen molar-refractivity contribution in [3.63, 3.8) is 0 Å². The number of hydrogen-bond acceptors (Lipinski definition) is 3. The molecule has 2 aliphatic rings. The van der Waals surface area contributed by atoms with E-state index in [1.54, 1.807) is 4.90 Å². The van der Waals surface area contributed by atoms with Gasteiger partial charge in [-0.3, -0.25) is 4.79 Å². The van der Waals surface area contributed by atoms with Crippen LogP contribution >= 0.6 is 0 Å². The van der Waals surface area contributed by atoms with Crippen LogP contribution in [0.5, 0.6) is 11.5 Å². The third-order valence-corrected chi connectivity index (χ3v) is 5.07. The van der Waals surface area contributed by atoms with E-state index in [1.165, 1.54) is 16.7 Å². The molecule has 4 nitrogen and oxygen atoms in total. The predicted molar refractivity (Wildman–Crippen MR) is 96.7 cm³/mol. The van der Waals surface area contributed by atoms with E-state index in [1.807, 2.05) is 38.2 Å². The van der Waals surface area contributed by atoms with Gasteiger partial charge in [0.15, 0.2) is 0 Å².